The molecule has 2 aromatic carbocycles. The molecular weight excluding hydrogens is 424 g/mol. The number of unbranched alkanes of at least 4 members (excludes halogenated alkanes) is 2. The average molecular weight is 453 g/mol. The number of amides is 2. The number of anilines is 1. The molecule has 2 aromatic rings. The summed E-state index contributed by atoms with van der Waals surface area (Å²) in [5.74, 6) is -0.00189. The third-order valence-corrected chi connectivity index (χ3v) is 6.70. The van der Waals surface area contributed by atoms with Gasteiger partial charge < -0.3 is 5.32 Å². The van der Waals surface area contributed by atoms with Crippen LogP contribution in [0, 0.1) is 20.8 Å². The Morgan fingerprint density at radius 3 is 2.48 bits per heavy atom. The van der Waals surface area contributed by atoms with E-state index >= 15 is 0 Å². The van der Waals surface area contributed by atoms with Gasteiger partial charge in [0.05, 0.1) is 4.91 Å². The van der Waals surface area contributed by atoms with E-state index in [0.29, 0.717) is 22.2 Å². The Bertz CT molecular complexity index is 1010. The normalized spacial score (nSPS) is 15.1. The SMILES string of the molecule is Cc1ccc(C=C2SC(=S)N(CCCCCC(=O)Nc3ccc(C)c(C)c3)C2=O)cc1. The van der Waals surface area contributed by atoms with Crippen LogP contribution in [0.3, 0.4) is 0 Å². The molecule has 162 valence electrons. The van der Waals surface area contributed by atoms with E-state index in [4.69, 9.17) is 12.2 Å². The second kappa shape index (κ2) is 10.7. The summed E-state index contributed by atoms with van der Waals surface area (Å²) in [6.07, 6.45) is 4.84. The molecule has 1 N–H and O–H groups in total. The first-order chi connectivity index (χ1) is 14.8. The molecule has 1 fully saturated rings. The number of carbonyl (C=O) groups is 2. The van der Waals surface area contributed by atoms with Crippen molar-refractivity contribution in [3.63, 3.8) is 0 Å². The maximum Gasteiger partial charge on any atom is 0.266 e. The van der Waals surface area contributed by atoms with Gasteiger partial charge in [0.15, 0.2) is 0 Å². The van der Waals surface area contributed by atoms with Gasteiger partial charge in [-0.05, 0) is 68.5 Å². The molecule has 0 aromatic heterocycles. The van der Waals surface area contributed by atoms with E-state index in [1.807, 2.05) is 62.4 Å². The second-order valence-electron chi connectivity index (χ2n) is 7.90. The number of nitrogens with one attached hydrogen (secondary N) is 1. The van der Waals surface area contributed by atoms with Gasteiger partial charge in [0.25, 0.3) is 5.91 Å². The van der Waals surface area contributed by atoms with Crippen LogP contribution in [0.15, 0.2) is 47.4 Å². The lowest BCUT2D eigenvalue weighted by molar-refractivity contribution is -0.122. The summed E-state index contributed by atoms with van der Waals surface area (Å²) in [6.45, 7) is 6.72. The number of benzene rings is 2. The molecule has 2 amide bonds. The van der Waals surface area contributed by atoms with Crippen molar-refractivity contribution in [1.82, 2.24) is 4.90 Å². The molecule has 1 heterocycles. The molecule has 0 atom stereocenters. The molecule has 1 saturated heterocycles. The van der Waals surface area contributed by atoms with E-state index in [9.17, 15) is 9.59 Å². The maximum absolute atomic E-state index is 12.7. The van der Waals surface area contributed by atoms with Gasteiger partial charge in [0, 0.05) is 18.7 Å². The van der Waals surface area contributed by atoms with E-state index in [1.54, 1.807) is 4.90 Å². The number of hydrogen-bond donors (Lipinski definition) is 1. The quantitative estimate of drug-likeness (QED) is 0.303. The summed E-state index contributed by atoms with van der Waals surface area (Å²) in [5.41, 5.74) is 5.40. The number of carbonyl (C=O) groups excluding carboxylic acids is 2. The van der Waals surface area contributed by atoms with Crippen molar-refractivity contribution in [1.29, 1.82) is 0 Å². The monoisotopic (exact) mass is 452 g/mol. The van der Waals surface area contributed by atoms with E-state index in [0.717, 1.165) is 36.1 Å². The highest BCUT2D eigenvalue weighted by Gasteiger charge is 2.31. The van der Waals surface area contributed by atoms with Crippen molar-refractivity contribution in [3.05, 3.63) is 69.6 Å². The molecule has 6 heteroatoms. The fourth-order valence-electron chi connectivity index (χ4n) is 3.28. The average Bonchev–Trinajstić information content (AvgIpc) is 2.99. The fraction of sp³-hybridized carbons (Fsp3) is 0.320. The largest absolute Gasteiger partial charge is 0.326 e. The van der Waals surface area contributed by atoms with Crippen LogP contribution < -0.4 is 5.32 Å². The van der Waals surface area contributed by atoms with Crippen LogP contribution in [0.1, 0.15) is 47.9 Å². The van der Waals surface area contributed by atoms with Crippen LogP contribution in [0.2, 0.25) is 0 Å². The van der Waals surface area contributed by atoms with Crippen molar-refractivity contribution in [2.24, 2.45) is 0 Å². The number of hydrogen-bond acceptors (Lipinski definition) is 4. The Kier molecular flexibility index (Phi) is 8.04. The molecule has 3 rings (SSSR count). The number of rotatable bonds is 8. The Labute approximate surface area is 194 Å². The third-order valence-electron chi connectivity index (χ3n) is 5.32. The Hall–Kier alpha value is -2.44. The predicted octanol–water partition coefficient (Wildman–Crippen LogP) is 6.01. The zero-order valence-electron chi connectivity index (χ0n) is 18.2. The van der Waals surface area contributed by atoms with Gasteiger partial charge in [-0.3, -0.25) is 14.5 Å². The van der Waals surface area contributed by atoms with E-state index in [-0.39, 0.29) is 11.8 Å². The topological polar surface area (TPSA) is 49.4 Å². The summed E-state index contributed by atoms with van der Waals surface area (Å²) in [5, 5.41) is 2.95. The fourth-order valence-corrected chi connectivity index (χ4v) is 4.59. The lowest BCUT2D eigenvalue weighted by Gasteiger charge is -2.14. The van der Waals surface area contributed by atoms with E-state index in [1.165, 1.54) is 22.9 Å². The standard InChI is InChI=1S/C25H28N2O2S2/c1-17-8-11-20(12-9-17)16-22-24(29)27(25(30)31-22)14-6-4-5-7-23(28)26-21-13-10-18(2)19(3)15-21/h8-13,15-16H,4-7,14H2,1-3H3,(H,26,28). The van der Waals surface area contributed by atoms with Gasteiger partial charge in [0.2, 0.25) is 5.91 Å². The Balaban J connectivity index is 1.41. The lowest BCUT2D eigenvalue weighted by Crippen LogP contribution is -2.29. The van der Waals surface area contributed by atoms with Crippen molar-refractivity contribution in [3.8, 4) is 0 Å². The summed E-state index contributed by atoms with van der Waals surface area (Å²) < 4.78 is 0.607. The smallest absolute Gasteiger partial charge is 0.266 e. The predicted molar refractivity (Wildman–Crippen MR) is 134 cm³/mol. The second-order valence-corrected chi connectivity index (χ2v) is 9.58. The first-order valence-corrected chi connectivity index (χ1v) is 11.7. The molecule has 0 bridgehead atoms. The highest BCUT2D eigenvalue weighted by Crippen LogP contribution is 2.32. The molecule has 0 aliphatic carbocycles. The van der Waals surface area contributed by atoms with Crippen molar-refractivity contribution >= 4 is 51.9 Å². The minimum absolute atomic E-state index is 0.0231. The molecule has 1 aliphatic rings. The van der Waals surface area contributed by atoms with Crippen LogP contribution in [0.5, 0.6) is 0 Å². The van der Waals surface area contributed by atoms with Crippen molar-refractivity contribution < 1.29 is 9.59 Å². The number of thiocarbonyl (C=S) groups is 1. The molecule has 0 unspecified atom stereocenters. The van der Waals surface area contributed by atoms with Gasteiger partial charge in [0.1, 0.15) is 4.32 Å². The molecule has 1 aliphatic heterocycles. The minimum atomic E-state index is -0.0249. The molecule has 0 saturated carbocycles. The molecule has 31 heavy (non-hydrogen) atoms. The van der Waals surface area contributed by atoms with Crippen molar-refractivity contribution in [2.75, 3.05) is 11.9 Å². The van der Waals surface area contributed by atoms with Gasteiger partial charge in [-0.2, -0.15) is 0 Å². The minimum Gasteiger partial charge on any atom is -0.326 e. The summed E-state index contributed by atoms with van der Waals surface area (Å²) in [4.78, 5) is 27.2. The third kappa shape index (κ3) is 6.52. The van der Waals surface area contributed by atoms with Crippen LogP contribution in [-0.4, -0.2) is 27.6 Å². The van der Waals surface area contributed by atoms with Gasteiger partial charge in [-0.1, -0.05) is 66.3 Å². The van der Waals surface area contributed by atoms with Crippen LogP contribution in [0.25, 0.3) is 6.08 Å². The van der Waals surface area contributed by atoms with Crippen LogP contribution in [-0.2, 0) is 9.59 Å². The highest BCUT2D eigenvalue weighted by molar-refractivity contribution is 8.26. The Morgan fingerprint density at radius 2 is 1.77 bits per heavy atom. The maximum atomic E-state index is 12.7. The number of aryl methyl sites for hydroxylation is 3. The van der Waals surface area contributed by atoms with E-state index < -0.39 is 0 Å². The Morgan fingerprint density at radius 1 is 1.03 bits per heavy atom. The summed E-state index contributed by atoms with van der Waals surface area (Å²) >= 11 is 6.76. The molecule has 0 spiro atoms. The van der Waals surface area contributed by atoms with Gasteiger partial charge >= 0.3 is 0 Å². The van der Waals surface area contributed by atoms with Gasteiger partial charge in [-0.15, -0.1) is 0 Å². The first kappa shape index (κ1) is 23.2. The first-order valence-electron chi connectivity index (χ1n) is 10.5. The zero-order chi connectivity index (χ0) is 22.4. The van der Waals surface area contributed by atoms with Crippen LogP contribution >= 0.6 is 24.0 Å². The molecular formula is C25H28N2O2S2. The zero-order valence-corrected chi connectivity index (χ0v) is 19.9. The molecule has 4 nitrogen and oxygen atoms in total. The van der Waals surface area contributed by atoms with Crippen molar-refractivity contribution in [2.45, 2.75) is 46.5 Å². The summed E-state index contributed by atoms with van der Waals surface area (Å²) in [6, 6.07) is 14.0. The number of nitrogens with zero attached hydrogens (tertiary/aromatic N) is 1. The van der Waals surface area contributed by atoms with E-state index in [2.05, 4.69) is 12.2 Å². The summed E-state index contributed by atoms with van der Waals surface area (Å²) in [7, 11) is 0. The molecule has 0 radical (unpaired) electrons. The van der Waals surface area contributed by atoms with Crippen LogP contribution in [0.4, 0.5) is 5.69 Å². The van der Waals surface area contributed by atoms with Gasteiger partial charge in [-0.25, -0.2) is 0 Å². The highest BCUT2D eigenvalue weighted by atomic mass is 32.2. The lowest BCUT2D eigenvalue weighted by atomic mass is 10.1. The number of thioether (sulfide) groups is 1.